The number of likely N-dealkylation sites (N-methyl/N-ethyl adjacent to an activating group) is 1. The van der Waals surface area contributed by atoms with Crippen LogP contribution in [0, 0.1) is 0 Å². The van der Waals surface area contributed by atoms with E-state index in [1.165, 1.54) is 0 Å². The predicted octanol–water partition coefficient (Wildman–Crippen LogP) is -0.735. The van der Waals surface area contributed by atoms with Gasteiger partial charge in [0.05, 0.1) is 13.1 Å². The zero-order valence-corrected chi connectivity index (χ0v) is 12.2. The molecule has 1 saturated heterocycles. The Morgan fingerprint density at radius 2 is 1.53 bits per heavy atom. The minimum atomic E-state index is 0.0444. The molecule has 2 N–H and O–H groups in total. The van der Waals surface area contributed by atoms with Crippen LogP contribution in [0.3, 0.4) is 0 Å². The van der Waals surface area contributed by atoms with Gasteiger partial charge in [-0.25, -0.2) is 0 Å². The van der Waals surface area contributed by atoms with Crippen molar-refractivity contribution in [2.24, 2.45) is 0 Å². The maximum Gasteiger partial charge on any atom is 0.234 e. The van der Waals surface area contributed by atoms with Crippen LogP contribution in [0.1, 0.15) is 20.3 Å². The fourth-order valence-corrected chi connectivity index (χ4v) is 2.01. The molecule has 0 radical (unpaired) electrons. The minimum absolute atomic E-state index is 0.0444. The van der Waals surface area contributed by atoms with E-state index >= 15 is 0 Å². The molecule has 0 aliphatic carbocycles. The van der Waals surface area contributed by atoms with Gasteiger partial charge in [-0.2, -0.15) is 0 Å². The van der Waals surface area contributed by atoms with E-state index in [1.54, 1.807) is 7.05 Å². The van der Waals surface area contributed by atoms with Crippen molar-refractivity contribution in [3.63, 3.8) is 0 Å². The van der Waals surface area contributed by atoms with Crippen molar-refractivity contribution in [1.82, 2.24) is 20.4 Å². The molecule has 1 atom stereocenters. The summed E-state index contributed by atoms with van der Waals surface area (Å²) in [4.78, 5) is 27.3. The predicted molar refractivity (Wildman–Crippen MR) is 74.8 cm³/mol. The Morgan fingerprint density at radius 3 is 1.95 bits per heavy atom. The van der Waals surface area contributed by atoms with Gasteiger partial charge in [0, 0.05) is 39.3 Å². The number of piperazine rings is 1. The number of carbonyl (C=O) groups is 2. The highest BCUT2D eigenvalue weighted by Crippen LogP contribution is 2.01. The fraction of sp³-hybridized carbons (Fsp3) is 0.846. The summed E-state index contributed by atoms with van der Waals surface area (Å²) >= 11 is 0. The van der Waals surface area contributed by atoms with Gasteiger partial charge < -0.3 is 10.6 Å². The van der Waals surface area contributed by atoms with E-state index in [2.05, 4.69) is 27.4 Å². The second-order valence-electron chi connectivity index (χ2n) is 5.10. The Kier molecular flexibility index (Phi) is 6.80. The summed E-state index contributed by atoms with van der Waals surface area (Å²) < 4.78 is 0. The van der Waals surface area contributed by atoms with Crippen LogP contribution in [0.15, 0.2) is 0 Å². The number of amides is 2. The quantitative estimate of drug-likeness (QED) is 0.667. The summed E-state index contributed by atoms with van der Waals surface area (Å²) in [7, 11) is 1.65. The van der Waals surface area contributed by atoms with E-state index in [1.807, 2.05) is 6.92 Å². The lowest BCUT2D eigenvalue weighted by atomic mass is 10.2. The average molecular weight is 270 g/mol. The Bertz CT molecular complexity index is 301. The number of hydrogen-bond acceptors (Lipinski definition) is 4. The standard InChI is InChI=1S/C13H26N4O2/c1-4-11(2)15-13(19)10-17-7-5-16(6-8-17)9-12(18)14-3/h11H,4-10H2,1-3H3,(H,14,18)(H,15,19). The second-order valence-corrected chi connectivity index (χ2v) is 5.10. The molecular formula is C13H26N4O2. The number of nitrogens with one attached hydrogen (secondary N) is 2. The van der Waals surface area contributed by atoms with Gasteiger partial charge in [0.15, 0.2) is 0 Å². The molecule has 0 aromatic heterocycles. The molecule has 110 valence electrons. The van der Waals surface area contributed by atoms with E-state index < -0.39 is 0 Å². The van der Waals surface area contributed by atoms with Crippen molar-refractivity contribution in [3.05, 3.63) is 0 Å². The van der Waals surface area contributed by atoms with Gasteiger partial charge in [0.25, 0.3) is 0 Å². The monoisotopic (exact) mass is 270 g/mol. The smallest absolute Gasteiger partial charge is 0.234 e. The van der Waals surface area contributed by atoms with E-state index in [9.17, 15) is 9.59 Å². The summed E-state index contributed by atoms with van der Waals surface area (Å²) in [5.41, 5.74) is 0. The molecule has 0 aromatic rings. The zero-order valence-electron chi connectivity index (χ0n) is 12.2. The number of rotatable bonds is 6. The highest BCUT2D eigenvalue weighted by Gasteiger charge is 2.20. The van der Waals surface area contributed by atoms with Crippen molar-refractivity contribution in [1.29, 1.82) is 0 Å². The molecule has 1 aliphatic heterocycles. The molecule has 6 heteroatoms. The Labute approximate surface area is 115 Å². The third-order valence-corrected chi connectivity index (χ3v) is 3.50. The largest absolute Gasteiger partial charge is 0.358 e. The van der Waals surface area contributed by atoms with Gasteiger partial charge in [-0.3, -0.25) is 19.4 Å². The second kappa shape index (κ2) is 8.12. The van der Waals surface area contributed by atoms with Crippen LogP contribution in [0.2, 0.25) is 0 Å². The third-order valence-electron chi connectivity index (χ3n) is 3.50. The van der Waals surface area contributed by atoms with Gasteiger partial charge in [-0.1, -0.05) is 6.92 Å². The SMILES string of the molecule is CCC(C)NC(=O)CN1CCN(CC(=O)NC)CC1. The van der Waals surface area contributed by atoms with Gasteiger partial charge in [0.2, 0.25) is 11.8 Å². The lowest BCUT2D eigenvalue weighted by molar-refractivity contribution is -0.125. The molecule has 1 heterocycles. The Hall–Kier alpha value is -1.14. The number of hydrogen-bond donors (Lipinski definition) is 2. The average Bonchev–Trinajstić information content (AvgIpc) is 2.40. The van der Waals surface area contributed by atoms with E-state index in [0.29, 0.717) is 13.1 Å². The van der Waals surface area contributed by atoms with E-state index in [4.69, 9.17) is 0 Å². The van der Waals surface area contributed by atoms with Crippen molar-refractivity contribution in [2.75, 3.05) is 46.3 Å². The highest BCUT2D eigenvalue weighted by atomic mass is 16.2. The summed E-state index contributed by atoms with van der Waals surface area (Å²) in [6.45, 7) is 8.33. The molecule has 0 spiro atoms. The van der Waals surface area contributed by atoms with Crippen LogP contribution in [-0.2, 0) is 9.59 Å². The highest BCUT2D eigenvalue weighted by molar-refractivity contribution is 5.78. The van der Waals surface area contributed by atoms with Crippen molar-refractivity contribution in [2.45, 2.75) is 26.3 Å². The molecule has 19 heavy (non-hydrogen) atoms. The summed E-state index contributed by atoms with van der Waals surface area (Å²) in [5.74, 6) is 0.136. The first-order valence-corrected chi connectivity index (χ1v) is 6.99. The zero-order chi connectivity index (χ0) is 14.3. The molecule has 0 aromatic carbocycles. The minimum Gasteiger partial charge on any atom is -0.358 e. The maximum atomic E-state index is 11.8. The third kappa shape index (κ3) is 6.02. The van der Waals surface area contributed by atoms with Gasteiger partial charge in [-0.15, -0.1) is 0 Å². The molecule has 2 amide bonds. The summed E-state index contributed by atoms with van der Waals surface area (Å²) in [6.07, 6.45) is 0.950. The molecule has 0 saturated carbocycles. The van der Waals surface area contributed by atoms with Gasteiger partial charge >= 0.3 is 0 Å². The molecular weight excluding hydrogens is 244 g/mol. The van der Waals surface area contributed by atoms with E-state index in [-0.39, 0.29) is 17.9 Å². The number of nitrogens with zero attached hydrogens (tertiary/aromatic N) is 2. The summed E-state index contributed by atoms with van der Waals surface area (Å²) in [5, 5.41) is 5.60. The topological polar surface area (TPSA) is 64.7 Å². The van der Waals surface area contributed by atoms with Crippen LogP contribution in [0.5, 0.6) is 0 Å². The first-order valence-electron chi connectivity index (χ1n) is 6.99. The van der Waals surface area contributed by atoms with Crippen LogP contribution in [0.4, 0.5) is 0 Å². The van der Waals surface area contributed by atoms with Gasteiger partial charge in [0.1, 0.15) is 0 Å². The Balaban J connectivity index is 2.22. The van der Waals surface area contributed by atoms with Gasteiger partial charge in [-0.05, 0) is 13.3 Å². The van der Waals surface area contributed by atoms with Crippen molar-refractivity contribution >= 4 is 11.8 Å². The number of carbonyl (C=O) groups excluding carboxylic acids is 2. The van der Waals surface area contributed by atoms with E-state index in [0.717, 1.165) is 32.6 Å². The molecule has 0 bridgehead atoms. The normalized spacial score (nSPS) is 18.9. The van der Waals surface area contributed by atoms with Crippen molar-refractivity contribution < 1.29 is 9.59 Å². The Morgan fingerprint density at radius 1 is 1.05 bits per heavy atom. The lowest BCUT2D eigenvalue weighted by Gasteiger charge is -2.33. The molecule has 1 unspecified atom stereocenters. The molecule has 6 nitrogen and oxygen atoms in total. The van der Waals surface area contributed by atoms with Crippen LogP contribution in [0.25, 0.3) is 0 Å². The van der Waals surface area contributed by atoms with Crippen LogP contribution >= 0.6 is 0 Å². The molecule has 1 aliphatic rings. The van der Waals surface area contributed by atoms with Crippen LogP contribution in [-0.4, -0.2) is 74.0 Å². The fourth-order valence-electron chi connectivity index (χ4n) is 2.01. The summed E-state index contributed by atoms with van der Waals surface area (Å²) in [6, 6.07) is 0.238. The molecule has 1 fully saturated rings. The maximum absolute atomic E-state index is 11.8. The first-order chi connectivity index (χ1) is 9.05. The first kappa shape index (κ1) is 15.9. The molecule has 1 rings (SSSR count). The van der Waals surface area contributed by atoms with Crippen LogP contribution < -0.4 is 10.6 Å². The lowest BCUT2D eigenvalue weighted by Crippen LogP contribution is -2.51. The van der Waals surface area contributed by atoms with Crippen molar-refractivity contribution in [3.8, 4) is 0 Å².